The SMILES string of the molecule is CC(C)c1ncc[nH]1.COB(OC)OC.COB(OC)OC. The van der Waals surface area contributed by atoms with Gasteiger partial charge in [-0.1, -0.05) is 13.8 Å². The first-order valence-electron chi connectivity index (χ1n) is 6.66. The highest BCUT2D eigenvalue weighted by molar-refractivity contribution is 6.36. The molecule has 1 aromatic heterocycles. The Labute approximate surface area is 134 Å². The summed E-state index contributed by atoms with van der Waals surface area (Å²) in [7, 11) is 8.04. The second-order valence-electron chi connectivity index (χ2n) is 4.12. The molecule has 0 aromatic carbocycles. The molecule has 0 bridgehead atoms. The Bertz CT molecular complexity index is 286. The van der Waals surface area contributed by atoms with Gasteiger partial charge in [0.25, 0.3) is 0 Å². The fraction of sp³-hybridized carbons (Fsp3) is 0.750. The molecule has 1 heterocycles. The molecule has 0 saturated carbocycles. The van der Waals surface area contributed by atoms with E-state index in [1.807, 2.05) is 6.20 Å². The predicted octanol–water partition coefficient (Wildman–Crippen LogP) is 1.35. The van der Waals surface area contributed by atoms with Gasteiger partial charge >= 0.3 is 14.6 Å². The highest BCUT2D eigenvalue weighted by Crippen LogP contribution is 2.05. The molecule has 1 N–H and O–H groups in total. The van der Waals surface area contributed by atoms with Crippen LogP contribution in [0.1, 0.15) is 25.6 Å². The first kappa shape index (κ1) is 23.4. The molecule has 0 fully saturated rings. The van der Waals surface area contributed by atoms with Crippen LogP contribution in [-0.4, -0.2) is 67.3 Å². The second-order valence-corrected chi connectivity index (χ2v) is 4.12. The minimum atomic E-state index is -0.514. The monoisotopic (exact) mass is 318 g/mol. The van der Waals surface area contributed by atoms with Crippen LogP contribution in [0.15, 0.2) is 12.4 Å². The lowest BCUT2D eigenvalue weighted by molar-refractivity contribution is 0.163. The lowest BCUT2D eigenvalue weighted by Gasteiger charge is -2.01. The first-order valence-corrected chi connectivity index (χ1v) is 6.66. The molecule has 0 unspecified atom stereocenters. The molecule has 1 rings (SSSR count). The van der Waals surface area contributed by atoms with Crippen molar-refractivity contribution in [1.82, 2.24) is 9.97 Å². The Hall–Kier alpha value is -0.900. The van der Waals surface area contributed by atoms with E-state index in [1.165, 1.54) is 42.7 Å². The number of hydrogen-bond acceptors (Lipinski definition) is 7. The zero-order valence-electron chi connectivity index (χ0n) is 14.8. The normalized spacial score (nSPS) is 9.50. The van der Waals surface area contributed by atoms with Crippen LogP contribution in [0, 0.1) is 0 Å². The zero-order valence-corrected chi connectivity index (χ0v) is 14.8. The summed E-state index contributed by atoms with van der Waals surface area (Å²) in [6.45, 7) is 4.22. The van der Waals surface area contributed by atoms with E-state index in [2.05, 4.69) is 51.7 Å². The molecule has 10 heteroatoms. The molecule has 8 nitrogen and oxygen atoms in total. The van der Waals surface area contributed by atoms with E-state index in [1.54, 1.807) is 6.20 Å². The standard InChI is InChI=1S/C6H10N2.2C3H9BO3/c1-5(2)6-7-3-4-8-6;2*1-5-4(6-2)7-3/h3-5H,1-2H3,(H,7,8);2*1-3H3. The van der Waals surface area contributed by atoms with Crippen molar-refractivity contribution >= 4 is 14.6 Å². The van der Waals surface area contributed by atoms with Gasteiger partial charge in [-0.3, -0.25) is 0 Å². The van der Waals surface area contributed by atoms with E-state index in [9.17, 15) is 0 Å². The second kappa shape index (κ2) is 16.5. The van der Waals surface area contributed by atoms with Crippen molar-refractivity contribution in [3.05, 3.63) is 18.2 Å². The van der Waals surface area contributed by atoms with Crippen molar-refractivity contribution < 1.29 is 27.9 Å². The van der Waals surface area contributed by atoms with Gasteiger partial charge in [-0.2, -0.15) is 0 Å². The van der Waals surface area contributed by atoms with Crippen LogP contribution in [0.25, 0.3) is 0 Å². The fourth-order valence-electron chi connectivity index (χ4n) is 1.17. The topological polar surface area (TPSA) is 84.1 Å². The van der Waals surface area contributed by atoms with Crippen molar-refractivity contribution in [3.63, 3.8) is 0 Å². The smallest absolute Gasteiger partial charge is 0.389 e. The molecule has 0 atom stereocenters. The van der Waals surface area contributed by atoms with Crippen LogP contribution in [0.3, 0.4) is 0 Å². The van der Waals surface area contributed by atoms with Gasteiger partial charge in [0.2, 0.25) is 0 Å². The van der Waals surface area contributed by atoms with Gasteiger partial charge in [0, 0.05) is 61.0 Å². The Morgan fingerprint density at radius 2 is 1.18 bits per heavy atom. The number of nitrogens with one attached hydrogen (secondary N) is 1. The van der Waals surface area contributed by atoms with Crippen LogP contribution in [0.2, 0.25) is 0 Å². The number of imidazole rings is 1. The van der Waals surface area contributed by atoms with Crippen molar-refractivity contribution in [2.75, 3.05) is 42.7 Å². The number of nitrogens with zero attached hydrogens (tertiary/aromatic N) is 1. The van der Waals surface area contributed by atoms with E-state index < -0.39 is 14.6 Å². The average molecular weight is 318 g/mol. The molecule has 0 spiro atoms. The van der Waals surface area contributed by atoms with E-state index >= 15 is 0 Å². The molecule has 0 radical (unpaired) electrons. The summed E-state index contributed by atoms with van der Waals surface area (Å²) in [5, 5.41) is 0. The van der Waals surface area contributed by atoms with E-state index in [-0.39, 0.29) is 0 Å². The quantitative estimate of drug-likeness (QED) is 0.760. The Morgan fingerprint density at radius 3 is 1.27 bits per heavy atom. The van der Waals surface area contributed by atoms with Crippen LogP contribution >= 0.6 is 0 Å². The molecule has 0 aliphatic carbocycles. The maximum atomic E-state index is 4.60. The molecular weight excluding hydrogens is 290 g/mol. The van der Waals surface area contributed by atoms with Gasteiger partial charge in [0.15, 0.2) is 0 Å². The largest absolute Gasteiger partial charge is 0.638 e. The van der Waals surface area contributed by atoms with E-state index in [4.69, 9.17) is 0 Å². The first-order chi connectivity index (χ1) is 10.5. The van der Waals surface area contributed by atoms with Crippen LogP contribution in [-0.2, 0) is 27.9 Å². The van der Waals surface area contributed by atoms with E-state index in [0.29, 0.717) is 5.92 Å². The molecule has 0 amide bonds. The summed E-state index contributed by atoms with van der Waals surface area (Å²) < 4.78 is 27.6. The molecule has 22 heavy (non-hydrogen) atoms. The highest BCUT2D eigenvalue weighted by atomic mass is 16.7. The maximum absolute atomic E-state index is 4.60. The zero-order chi connectivity index (χ0) is 17.4. The summed E-state index contributed by atoms with van der Waals surface area (Å²) in [5.41, 5.74) is 0. The predicted molar refractivity (Wildman–Crippen MR) is 86.2 cm³/mol. The molecule has 128 valence electrons. The molecule has 0 saturated heterocycles. The minimum absolute atomic E-state index is 0.514. The lowest BCUT2D eigenvalue weighted by atomic mass is 10.2. The average Bonchev–Trinajstić information content (AvgIpc) is 3.07. The third-order valence-electron chi connectivity index (χ3n) is 2.22. The van der Waals surface area contributed by atoms with Crippen molar-refractivity contribution in [2.24, 2.45) is 0 Å². The number of aromatic amines is 1. The number of rotatable bonds is 7. The molecule has 1 aromatic rings. The Morgan fingerprint density at radius 1 is 0.818 bits per heavy atom. The van der Waals surface area contributed by atoms with Crippen molar-refractivity contribution in [2.45, 2.75) is 19.8 Å². The molecular formula is C12H28B2N2O6. The van der Waals surface area contributed by atoms with Gasteiger partial charge < -0.3 is 32.9 Å². The molecule has 0 aliphatic heterocycles. The fourth-order valence-corrected chi connectivity index (χ4v) is 1.17. The Kier molecular flexibility index (Phi) is 17.5. The van der Waals surface area contributed by atoms with Crippen LogP contribution in [0.5, 0.6) is 0 Å². The Balaban J connectivity index is 0. The maximum Gasteiger partial charge on any atom is 0.638 e. The summed E-state index contributed by atoms with van der Waals surface area (Å²) in [4.78, 5) is 7.09. The summed E-state index contributed by atoms with van der Waals surface area (Å²) in [5.74, 6) is 1.58. The highest BCUT2D eigenvalue weighted by Gasteiger charge is 2.13. The van der Waals surface area contributed by atoms with Crippen LogP contribution in [0.4, 0.5) is 0 Å². The minimum Gasteiger partial charge on any atom is -0.389 e. The number of hydrogen-bond donors (Lipinski definition) is 1. The number of H-pyrrole nitrogens is 1. The lowest BCUT2D eigenvalue weighted by Crippen LogP contribution is -2.21. The van der Waals surface area contributed by atoms with Gasteiger partial charge in [0.05, 0.1) is 0 Å². The third kappa shape index (κ3) is 12.8. The summed E-state index contributed by atoms with van der Waals surface area (Å²) in [6.07, 6.45) is 3.62. The van der Waals surface area contributed by atoms with Gasteiger partial charge in [0.1, 0.15) is 5.82 Å². The van der Waals surface area contributed by atoms with E-state index in [0.717, 1.165) is 5.82 Å². The summed E-state index contributed by atoms with van der Waals surface area (Å²) in [6, 6.07) is 0. The van der Waals surface area contributed by atoms with Gasteiger partial charge in [-0.15, -0.1) is 0 Å². The van der Waals surface area contributed by atoms with Gasteiger partial charge in [-0.25, -0.2) is 4.98 Å². The number of aromatic nitrogens is 2. The summed E-state index contributed by atoms with van der Waals surface area (Å²) >= 11 is 0. The van der Waals surface area contributed by atoms with Crippen molar-refractivity contribution in [3.8, 4) is 0 Å². The van der Waals surface area contributed by atoms with Crippen LogP contribution < -0.4 is 0 Å². The van der Waals surface area contributed by atoms with Gasteiger partial charge in [-0.05, 0) is 0 Å². The third-order valence-corrected chi connectivity index (χ3v) is 2.22. The van der Waals surface area contributed by atoms with Crippen molar-refractivity contribution in [1.29, 1.82) is 0 Å². The molecule has 0 aliphatic rings.